The fraction of sp³-hybridized carbons (Fsp3) is 0.476. The lowest BCUT2D eigenvalue weighted by molar-refractivity contribution is 0.122. The molecule has 0 bridgehead atoms. The van der Waals surface area contributed by atoms with E-state index in [1.807, 2.05) is 0 Å². The molecule has 12 heteroatoms. The Hall–Kier alpha value is -3.44. The molecule has 0 amide bonds. The molecular formula is C21H26F3N9. The van der Waals surface area contributed by atoms with Crippen LogP contribution in [0.4, 0.5) is 24.9 Å². The minimum Gasteiger partial charge on any atom is -0.371 e. The highest BCUT2D eigenvalue weighted by Gasteiger charge is 2.21. The van der Waals surface area contributed by atoms with E-state index in [9.17, 15) is 13.2 Å². The SMILES string of the molecule is CC1CCCCC1.CNc1nc(N)nn2cc(F)c(-c3ccc4nnn(CC(F)F)c4n3)c12. The summed E-state index contributed by atoms with van der Waals surface area (Å²) in [5.41, 5.74) is 6.71. The third-order valence-electron chi connectivity index (χ3n) is 5.66. The van der Waals surface area contributed by atoms with Crippen LogP contribution in [0.3, 0.4) is 0 Å². The van der Waals surface area contributed by atoms with E-state index in [0.29, 0.717) is 16.9 Å². The monoisotopic (exact) mass is 461 g/mol. The maximum Gasteiger partial charge on any atom is 0.258 e. The van der Waals surface area contributed by atoms with Crippen LogP contribution in [0.5, 0.6) is 0 Å². The average Bonchev–Trinajstić information content (AvgIpc) is 3.33. The summed E-state index contributed by atoms with van der Waals surface area (Å²) >= 11 is 0. The van der Waals surface area contributed by atoms with Crippen LogP contribution in [0, 0.1) is 11.7 Å². The average molecular weight is 461 g/mol. The molecule has 4 aromatic heterocycles. The predicted octanol–water partition coefficient (Wildman–Crippen LogP) is 4.15. The van der Waals surface area contributed by atoms with Crippen LogP contribution in [-0.2, 0) is 6.54 Å². The van der Waals surface area contributed by atoms with Crippen molar-refractivity contribution in [1.29, 1.82) is 0 Å². The molecule has 0 radical (unpaired) electrons. The fourth-order valence-corrected chi connectivity index (χ4v) is 4.04. The van der Waals surface area contributed by atoms with Crippen molar-refractivity contribution in [3.05, 3.63) is 24.1 Å². The minimum atomic E-state index is -2.62. The first-order chi connectivity index (χ1) is 15.9. The molecule has 3 N–H and O–H groups in total. The zero-order chi connectivity index (χ0) is 23.5. The maximum atomic E-state index is 14.6. The van der Waals surface area contributed by atoms with E-state index in [-0.39, 0.29) is 22.9 Å². The van der Waals surface area contributed by atoms with Crippen molar-refractivity contribution in [2.45, 2.75) is 52.0 Å². The second-order valence-corrected chi connectivity index (χ2v) is 8.16. The number of rotatable bonds is 4. The third-order valence-corrected chi connectivity index (χ3v) is 5.66. The molecule has 4 heterocycles. The van der Waals surface area contributed by atoms with Crippen molar-refractivity contribution in [3.8, 4) is 11.3 Å². The van der Waals surface area contributed by atoms with Gasteiger partial charge in [0.1, 0.15) is 17.6 Å². The van der Waals surface area contributed by atoms with E-state index in [0.717, 1.165) is 16.8 Å². The Bertz CT molecular complexity index is 1240. The second kappa shape index (κ2) is 9.59. The van der Waals surface area contributed by atoms with Crippen LogP contribution in [0.2, 0.25) is 0 Å². The van der Waals surface area contributed by atoms with E-state index in [4.69, 9.17) is 5.73 Å². The first kappa shape index (κ1) is 22.7. The summed E-state index contributed by atoms with van der Waals surface area (Å²) in [5.74, 6) is 0.693. The molecule has 1 aliphatic rings. The Morgan fingerprint density at radius 2 is 1.94 bits per heavy atom. The highest BCUT2D eigenvalue weighted by molar-refractivity contribution is 5.89. The highest BCUT2D eigenvalue weighted by Crippen LogP contribution is 2.32. The predicted molar refractivity (Wildman–Crippen MR) is 119 cm³/mol. The molecule has 0 aliphatic heterocycles. The molecule has 5 rings (SSSR count). The standard InChI is InChI=1S/C14H12F3N9.C7H14/c1-19-12-11-10(6(15)4-25(11)23-14(18)21-12)7-2-3-8-13(20-7)26(24-22-8)5-9(16)17;1-7-5-3-2-4-6-7/h2-4,9H,5H2,1H3,(H3,18,19,21,23);7H,2-6H2,1H3. The quantitative estimate of drug-likeness (QED) is 0.469. The topological polar surface area (TPSA) is 112 Å². The van der Waals surface area contributed by atoms with Gasteiger partial charge in [-0.1, -0.05) is 44.2 Å². The Morgan fingerprint density at radius 3 is 2.58 bits per heavy atom. The smallest absolute Gasteiger partial charge is 0.258 e. The van der Waals surface area contributed by atoms with Gasteiger partial charge in [0.25, 0.3) is 6.43 Å². The molecule has 176 valence electrons. The first-order valence-electron chi connectivity index (χ1n) is 10.9. The number of hydrogen-bond acceptors (Lipinski definition) is 7. The molecule has 9 nitrogen and oxygen atoms in total. The van der Waals surface area contributed by atoms with Gasteiger partial charge in [-0.05, 0) is 18.1 Å². The van der Waals surface area contributed by atoms with Gasteiger partial charge in [-0.15, -0.1) is 10.2 Å². The number of hydrogen-bond donors (Lipinski definition) is 2. The zero-order valence-electron chi connectivity index (χ0n) is 18.5. The number of nitrogen functional groups attached to an aromatic ring is 1. The van der Waals surface area contributed by atoms with Crippen LogP contribution in [0.15, 0.2) is 18.3 Å². The fourth-order valence-electron chi connectivity index (χ4n) is 4.04. The van der Waals surface area contributed by atoms with Gasteiger partial charge < -0.3 is 11.1 Å². The first-order valence-corrected chi connectivity index (χ1v) is 10.9. The highest BCUT2D eigenvalue weighted by atomic mass is 19.3. The number of nitrogens with two attached hydrogens (primary N) is 1. The largest absolute Gasteiger partial charge is 0.371 e. The molecule has 0 saturated heterocycles. The minimum absolute atomic E-state index is 0.0361. The van der Waals surface area contributed by atoms with Crippen LogP contribution in [0.25, 0.3) is 27.9 Å². The summed E-state index contributed by atoms with van der Waals surface area (Å²) in [6.45, 7) is 1.70. The molecule has 1 fully saturated rings. The lowest BCUT2D eigenvalue weighted by Gasteiger charge is -2.15. The van der Waals surface area contributed by atoms with E-state index in [1.54, 1.807) is 7.05 Å². The van der Waals surface area contributed by atoms with Crippen LogP contribution in [0.1, 0.15) is 39.0 Å². The molecule has 0 aromatic carbocycles. The molecule has 0 unspecified atom stereocenters. The number of nitrogens with zero attached hydrogens (tertiary/aromatic N) is 7. The summed E-state index contributed by atoms with van der Waals surface area (Å²) in [7, 11) is 1.61. The summed E-state index contributed by atoms with van der Waals surface area (Å²) in [6.07, 6.45) is 5.96. The van der Waals surface area contributed by atoms with Gasteiger partial charge in [-0.3, -0.25) is 0 Å². The van der Waals surface area contributed by atoms with Crippen LogP contribution >= 0.6 is 0 Å². The van der Waals surface area contributed by atoms with Crippen molar-refractivity contribution >= 4 is 28.4 Å². The molecule has 1 saturated carbocycles. The maximum absolute atomic E-state index is 14.6. The lowest BCUT2D eigenvalue weighted by Crippen LogP contribution is -2.09. The Labute approximate surface area is 188 Å². The molecule has 1 aliphatic carbocycles. The molecule has 0 atom stereocenters. The molecule has 4 aromatic rings. The number of halogens is 3. The van der Waals surface area contributed by atoms with Gasteiger partial charge in [0.05, 0.1) is 17.5 Å². The summed E-state index contributed by atoms with van der Waals surface area (Å²) in [4.78, 5) is 8.32. The number of anilines is 2. The van der Waals surface area contributed by atoms with Gasteiger partial charge in [-0.25, -0.2) is 27.4 Å². The normalized spacial score (nSPS) is 14.6. The van der Waals surface area contributed by atoms with Gasteiger partial charge in [0, 0.05) is 7.05 Å². The van der Waals surface area contributed by atoms with Crippen molar-refractivity contribution in [1.82, 2.24) is 34.6 Å². The van der Waals surface area contributed by atoms with Crippen molar-refractivity contribution in [2.75, 3.05) is 18.1 Å². The number of aromatic nitrogens is 7. The lowest BCUT2D eigenvalue weighted by atomic mass is 9.91. The Morgan fingerprint density at radius 1 is 1.18 bits per heavy atom. The Balaban J connectivity index is 0.000000318. The van der Waals surface area contributed by atoms with E-state index in [2.05, 4.69) is 37.6 Å². The number of alkyl halides is 2. The van der Waals surface area contributed by atoms with Gasteiger partial charge in [0.15, 0.2) is 17.3 Å². The summed E-state index contributed by atoms with van der Waals surface area (Å²) in [6, 6.07) is 3.06. The van der Waals surface area contributed by atoms with Crippen molar-refractivity contribution < 1.29 is 13.2 Å². The van der Waals surface area contributed by atoms with Crippen molar-refractivity contribution in [3.63, 3.8) is 0 Å². The van der Waals surface area contributed by atoms with Gasteiger partial charge in [-0.2, -0.15) is 4.98 Å². The van der Waals surface area contributed by atoms with Crippen molar-refractivity contribution in [2.24, 2.45) is 5.92 Å². The summed E-state index contributed by atoms with van der Waals surface area (Å²) in [5, 5.41) is 14.2. The Kier molecular flexibility index (Phi) is 6.61. The van der Waals surface area contributed by atoms with E-state index in [1.165, 1.54) is 48.8 Å². The molecule has 0 spiro atoms. The molecule has 33 heavy (non-hydrogen) atoms. The number of fused-ring (bicyclic) bond motifs is 2. The van der Waals surface area contributed by atoms with Crippen LogP contribution in [-0.4, -0.2) is 48.0 Å². The number of nitrogens with one attached hydrogen (secondary N) is 1. The summed E-state index contributed by atoms with van der Waals surface area (Å²) < 4.78 is 42.2. The van der Waals surface area contributed by atoms with E-state index >= 15 is 0 Å². The van der Waals surface area contributed by atoms with E-state index < -0.39 is 18.8 Å². The van der Waals surface area contributed by atoms with Gasteiger partial charge >= 0.3 is 0 Å². The zero-order valence-corrected chi connectivity index (χ0v) is 18.5. The second-order valence-electron chi connectivity index (χ2n) is 8.16. The van der Waals surface area contributed by atoms with Crippen LogP contribution < -0.4 is 11.1 Å². The molecular weight excluding hydrogens is 435 g/mol. The number of pyridine rings is 1. The third kappa shape index (κ3) is 4.83. The van der Waals surface area contributed by atoms with Gasteiger partial charge in [0.2, 0.25) is 5.95 Å².